The van der Waals surface area contributed by atoms with E-state index in [9.17, 15) is 0 Å². The average molecular weight is 259 g/mol. The van der Waals surface area contributed by atoms with Crippen molar-refractivity contribution in [1.82, 2.24) is 9.88 Å². The Labute approximate surface area is 112 Å². The number of piperidine rings is 3. The molecule has 1 unspecified atom stereocenters. The Morgan fingerprint density at radius 2 is 2.21 bits per heavy atom. The summed E-state index contributed by atoms with van der Waals surface area (Å²) in [7, 11) is 0. The van der Waals surface area contributed by atoms with Crippen LogP contribution in [-0.2, 0) is 4.84 Å². The molecular formula is C14H17N3O2. The largest absolute Gasteiger partial charge is 0.421 e. The van der Waals surface area contributed by atoms with Gasteiger partial charge in [0.05, 0.1) is 6.42 Å². The second-order valence-electron chi connectivity index (χ2n) is 5.64. The second kappa shape index (κ2) is 4.20. The number of nitrogens with zero attached hydrogens (tertiary/aromatic N) is 3. The number of aromatic nitrogens is 1. The van der Waals surface area contributed by atoms with Gasteiger partial charge in [-0.1, -0.05) is 11.2 Å². The first-order chi connectivity index (χ1) is 9.34. The Morgan fingerprint density at radius 3 is 2.89 bits per heavy atom. The quantitative estimate of drug-likeness (QED) is 0.769. The first-order valence-corrected chi connectivity index (χ1v) is 6.90. The minimum atomic E-state index is -0.138. The third-order valence-electron chi connectivity index (χ3n) is 4.46. The van der Waals surface area contributed by atoms with Crippen LogP contribution in [0.25, 0.3) is 0 Å². The minimum absolute atomic E-state index is 0.138. The van der Waals surface area contributed by atoms with E-state index in [1.54, 1.807) is 6.20 Å². The van der Waals surface area contributed by atoms with Gasteiger partial charge in [-0.25, -0.2) is 4.98 Å². The van der Waals surface area contributed by atoms with Crippen molar-refractivity contribution < 1.29 is 9.57 Å². The van der Waals surface area contributed by atoms with E-state index in [2.05, 4.69) is 15.0 Å². The molecule has 0 saturated carbocycles. The van der Waals surface area contributed by atoms with Crippen molar-refractivity contribution in [2.75, 3.05) is 19.6 Å². The average Bonchev–Trinajstić information content (AvgIpc) is 2.84. The molecule has 100 valence electrons. The molecule has 1 spiro atoms. The summed E-state index contributed by atoms with van der Waals surface area (Å²) in [4.78, 5) is 12.4. The maximum atomic E-state index is 5.79. The smallest absolute Gasteiger partial charge is 0.237 e. The third-order valence-corrected chi connectivity index (χ3v) is 4.46. The molecule has 5 nitrogen and oxygen atoms in total. The standard InChI is InChI=1S/C14H17N3O2/c1-2-6-15-12(3-1)18-13-9-14(19-16-13)10-17-7-4-11(14)5-8-17/h1-3,6,11H,4-5,7-10H2. The van der Waals surface area contributed by atoms with E-state index in [1.165, 1.54) is 25.9 Å². The van der Waals surface area contributed by atoms with Crippen LogP contribution < -0.4 is 4.74 Å². The molecule has 0 aromatic carbocycles. The topological polar surface area (TPSA) is 47.0 Å². The molecule has 3 fully saturated rings. The van der Waals surface area contributed by atoms with Gasteiger partial charge in [0.2, 0.25) is 11.8 Å². The molecule has 5 heterocycles. The third kappa shape index (κ3) is 1.89. The molecule has 5 rings (SSSR count). The molecule has 1 atom stereocenters. The predicted molar refractivity (Wildman–Crippen MR) is 69.9 cm³/mol. The van der Waals surface area contributed by atoms with Gasteiger partial charge < -0.3 is 9.57 Å². The first-order valence-electron chi connectivity index (χ1n) is 6.90. The molecule has 1 aromatic rings. The van der Waals surface area contributed by atoms with Crippen LogP contribution >= 0.6 is 0 Å². The number of pyridine rings is 1. The van der Waals surface area contributed by atoms with E-state index in [0.29, 0.717) is 17.7 Å². The van der Waals surface area contributed by atoms with Crippen LogP contribution in [0.1, 0.15) is 19.3 Å². The molecule has 0 radical (unpaired) electrons. The lowest BCUT2D eigenvalue weighted by molar-refractivity contribution is -0.136. The molecule has 2 bridgehead atoms. The molecule has 0 aliphatic carbocycles. The zero-order valence-corrected chi connectivity index (χ0v) is 10.8. The van der Waals surface area contributed by atoms with Crippen molar-refractivity contribution in [2.45, 2.75) is 24.9 Å². The Hall–Kier alpha value is -1.62. The molecule has 3 saturated heterocycles. The Morgan fingerprint density at radius 1 is 1.32 bits per heavy atom. The molecule has 19 heavy (non-hydrogen) atoms. The highest BCUT2D eigenvalue weighted by Crippen LogP contribution is 2.43. The van der Waals surface area contributed by atoms with Crippen molar-refractivity contribution in [3.8, 4) is 5.88 Å². The number of oxime groups is 1. The first kappa shape index (κ1) is 11.2. The lowest BCUT2D eigenvalue weighted by atomic mass is 9.74. The van der Waals surface area contributed by atoms with Crippen LogP contribution in [0.4, 0.5) is 0 Å². The van der Waals surface area contributed by atoms with E-state index < -0.39 is 0 Å². The van der Waals surface area contributed by atoms with Crippen molar-refractivity contribution in [2.24, 2.45) is 11.1 Å². The van der Waals surface area contributed by atoms with Crippen LogP contribution in [0, 0.1) is 5.92 Å². The van der Waals surface area contributed by atoms with Crippen LogP contribution in [0.3, 0.4) is 0 Å². The van der Waals surface area contributed by atoms with Crippen molar-refractivity contribution in [3.05, 3.63) is 24.4 Å². The Kier molecular flexibility index (Phi) is 2.48. The van der Waals surface area contributed by atoms with E-state index in [1.807, 2.05) is 18.2 Å². The molecule has 0 amide bonds. The van der Waals surface area contributed by atoms with E-state index in [4.69, 9.17) is 9.57 Å². The maximum absolute atomic E-state index is 5.79. The molecule has 4 aliphatic rings. The van der Waals surface area contributed by atoms with Gasteiger partial charge in [0, 0.05) is 24.7 Å². The van der Waals surface area contributed by atoms with Gasteiger partial charge in [-0.2, -0.15) is 0 Å². The molecule has 4 aliphatic heterocycles. The maximum Gasteiger partial charge on any atom is 0.237 e. The summed E-state index contributed by atoms with van der Waals surface area (Å²) >= 11 is 0. The lowest BCUT2D eigenvalue weighted by Gasteiger charge is -2.49. The Balaban J connectivity index is 1.48. The number of hydrogen-bond donors (Lipinski definition) is 0. The molecule has 5 heteroatoms. The molecular weight excluding hydrogens is 242 g/mol. The SMILES string of the molecule is c1ccc(OC2=NOC3(C2)CN2CCC3CC2)nc1. The van der Waals surface area contributed by atoms with Gasteiger partial charge in [-0.3, -0.25) is 4.90 Å². The second-order valence-corrected chi connectivity index (χ2v) is 5.64. The summed E-state index contributed by atoms with van der Waals surface area (Å²) < 4.78 is 5.71. The van der Waals surface area contributed by atoms with Gasteiger partial charge in [-0.15, -0.1) is 0 Å². The summed E-state index contributed by atoms with van der Waals surface area (Å²) in [6.07, 6.45) is 4.92. The van der Waals surface area contributed by atoms with Gasteiger partial charge in [0.15, 0.2) is 5.60 Å². The van der Waals surface area contributed by atoms with Crippen LogP contribution in [0.2, 0.25) is 0 Å². The van der Waals surface area contributed by atoms with Crippen LogP contribution in [-0.4, -0.2) is 41.0 Å². The van der Waals surface area contributed by atoms with E-state index in [0.717, 1.165) is 13.0 Å². The van der Waals surface area contributed by atoms with Crippen LogP contribution in [0.15, 0.2) is 29.6 Å². The highest BCUT2D eigenvalue weighted by atomic mass is 16.7. The number of rotatable bonds is 1. The molecule has 1 aromatic heterocycles. The highest BCUT2D eigenvalue weighted by molar-refractivity contribution is 5.80. The van der Waals surface area contributed by atoms with Gasteiger partial charge >= 0.3 is 0 Å². The normalized spacial score (nSPS) is 36.1. The van der Waals surface area contributed by atoms with Crippen molar-refractivity contribution in [1.29, 1.82) is 0 Å². The zero-order chi connectivity index (χ0) is 12.7. The Bertz CT molecular complexity index is 497. The number of hydrogen-bond acceptors (Lipinski definition) is 5. The minimum Gasteiger partial charge on any atom is -0.421 e. The fourth-order valence-electron chi connectivity index (χ4n) is 3.47. The summed E-state index contributed by atoms with van der Waals surface area (Å²) in [6.45, 7) is 3.38. The van der Waals surface area contributed by atoms with Crippen molar-refractivity contribution in [3.63, 3.8) is 0 Å². The summed E-state index contributed by atoms with van der Waals surface area (Å²) in [5.74, 6) is 1.86. The zero-order valence-electron chi connectivity index (χ0n) is 10.8. The van der Waals surface area contributed by atoms with Gasteiger partial charge in [0.1, 0.15) is 0 Å². The fraction of sp³-hybridized carbons (Fsp3) is 0.571. The van der Waals surface area contributed by atoms with Gasteiger partial charge in [-0.05, 0) is 32.0 Å². The van der Waals surface area contributed by atoms with Gasteiger partial charge in [0.25, 0.3) is 0 Å². The lowest BCUT2D eigenvalue weighted by Crippen LogP contribution is -2.59. The molecule has 0 N–H and O–H groups in total. The summed E-state index contributed by atoms with van der Waals surface area (Å²) in [5.41, 5.74) is -0.138. The number of fused-ring (bicyclic) bond motifs is 2. The predicted octanol–water partition coefficient (Wildman–Crippen LogP) is 1.66. The van der Waals surface area contributed by atoms with E-state index >= 15 is 0 Å². The van der Waals surface area contributed by atoms with E-state index in [-0.39, 0.29) is 5.60 Å². The fourth-order valence-corrected chi connectivity index (χ4v) is 3.47. The van der Waals surface area contributed by atoms with Crippen LogP contribution in [0.5, 0.6) is 5.88 Å². The number of ether oxygens (including phenoxy) is 1. The highest BCUT2D eigenvalue weighted by Gasteiger charge is 2.53. The summed E-state index contributed by atoms with van der Waals surface area (Å²) in [5, 5.41) is 4.15. The summed E-state index contributed by atoms with van der Waals surface area (Å²) in [6, 6.07) is 5.61. The monoisotopic (exact) mass is 259 g/mol. The van der Waals surface area contributed by atoms with Crippen molar-refractivity contribution >= 4 is 5.90 Å².